The van der Waals surface area contributed by atoms with E-state index >= 15 is 0 Å². The van der Waals surface area contributed by atoms with Crippen LogP contribution in [0, 0.1) is 0 Å². The van der Waals surface area contributed by atoms with E-state index in [-0.39, 0.29) is 30.3 Å². The van der Waals surface area contributed by atoms with Crippen LogP contribution in [0.15, 0.2) is 24.3 Å². The summed E-state index contributed by atoms with van der Waals surface area (Å²) in [6.07, 6.45) is 4.72. The standard InChI is InChI=1S/C16H21N3O2.ClH/c20-15(10-12-4-3-9-17-12)19-14-6-2-1-5-13(14)16(21)18-11-7-8-11;/h1-2,5-6,11-12,17H,3-4,7-10H2,(H,18,21)(H,19,20);1H. The largest absolute Gasteiger partial charge is 0.349 e. The van der Waals surface area contributed by atoms with Crippen LogP contribution in [-0.2, 0) is 4.79 Å². The summed E-state index contributed by atoms with van der Waals surface area (Å²) in [4.78, 5) is 24.3. The number of hydrogen-bond donors (Lipinski definition) is 3. The Balaban J connectivity index is 0.00000176. The highest BCUT2D eigenvalue weighted by Gasteiger charge is 2.25. The summed E-state index contributed by atoms with van der Waals surface area (Å²) >= 11 is 0. The van der Waals surface area contributed by atoms with Gasteiger partial charge in [-0.15, -0.1) is 12.4 Å². The number of nitrogens with one attached hydrogen (secondary N) is 3. The van der Waals surface area contributed by atoms with Gasteiger partial charge in [0.05, 0.1) is 11.3 Å². The summed E-state index contributed by atoms with van der Waals surface area (Å²) in [5.41, 5.74) is 1.13. The number of carbonyl (C=O) groups excluding carboxylic acids is 2. The molecule has 1 unspecified atom stereocenters. The van der Waals surface area contributed by atoms with Crippen LogP contribution in [0.25, 0.3) is 0 Å². The van der Waals surface area contributed by atoms with Crippen molar-refractivity contribution in [2.24, 2.45) is 0 Å². The van der Waals surface area contributed by atoms with Crippen molar-refractivity contribution >= 4 is 29.9 Å². The van der Waals surface area contributed by atoms with E-state index in [4.69, 9.17) is 0 Å². The van der Waals surface area contributed by atoms with Crippen LogP contribution in [0.2, 0.25) is 0 Å². The van der Waals surface area contributed by atoms with Gasteiger partial charge in [-0.1, -0.05) is 12.1 Å². The average Bonchev–Trinajstić information content (AvgIpc) is 3.13. The highest BCUT2D eigenvalue weighted by Crippen LogP contribution is 2.22. The predicted octanol–water partition coefficient (Wildman–Crippen LogP) is 2.08. The first kappa shape index (κ1) is 16.8. The molecule has 3 rings (SSSR count). The predicted molar refractivity (Wildman–Crippen MR) is 88.4 cm³/mol. The lowest BCUT2D eigenvalue weighted by Gasteiger charge is -2.13. The highest BCUT2D eigenvalue weighted by atomic mass is 35.5. The van der Waals surface area contributed by atoms with Gasteiger partial charge < -0.3 is 16.0 Å². The zero-order valence-electron chi connectivity index (χ0n) is 12.4. The van der Waals surface area contributed by atoms with Gasteiger partial charge in [0, 0.05) is 18.5 Å². The quantitative estimate of drug-likeness (QED) is 0.777. The van der Waals surface area contributed by atoms with Crippen molar-refractivity contribution in [2.45, 2.75) is 44.2 Å². The smallest absolute Gasteiger partial charge is 0.253 e. The van der Waals surface area contributed by atoms with Gasteiger partial charge >= 0.3 is 0 Å². The maximum Gasteiger partial charge on any atom is 0.253 e. The molecule has 0 aromatic heterocycles. The molecule has 0 radical (unpaired) electrons. The lowest BCUT2D eigenvalue weighted by atomic mass is 10.1. The third-order valence-electron chi connectivity index (χ3n) is 3.95. The fourth-order valence-corrected chi connectivity index (χ4v) is 2.64. The van der Waals surface area contributed by atoms with E-state index in [2.05, 4.69) is 16.0 Å². The summed E-state index contributed by atoms with van der Waals surface area (Å²) < 4.78 is 0. The first-order valence-electron chi connectivity index (χ1n) is 7.65. The Kier molecular flexibility index (Phi) is 5.80. The van der Waals surface area contributed by atoms with Gasteiger partial charge in [-0.3, -0.25) is 9.59 Å². The van der Waals surface area contributed by atoms with E-state index in [1.165, 1.54) is 0 Å². The van der Waals surface area contributed by atoms with Crippen molar-refractivity contribution in [3.63, 3.8) is 0 Å². The SMILES string of the molecule is Cl.O=C(CC1CCCN1)Nc1ccccc1C(=O)NC1CC1. The first-order valence-corrected chi connectivity index (χ1v) is 7.65. The maximum atomic E-state index is 12.2. The summed E-state index contributed by atoms with van der Waals surface area (Å²) in [6, 6.07) is 7.75. The van der Waals surface area contributed by atoms with Gasteiger partial charge in [-0.2, -0.15) is 0 Å². The van der Waals surface area contributed by atoms with Crippen molar-refractivity contribution in [1.29, 1.82) is 0 Å². The molecule has 1 saturated carbocycles. The van der Waals surface area contributed by atoms with E-state index in [0.717, 1.165) is 32.2 Å². The molecular formula is C16H22ClN3O2. The topological polar surface area (TPSA) is 70.2 Å². The second-order valence-electron chi connectivity index (χ2n) is 5.84. The van der Waals surface area contributed by atoms with E-state index in [1.807, 2.05) is 12.1 Å². The van der Waals surface area contributed by atoms with Crippen LogP contribution in [0.1, 0.15) is 42.5 Å². The van der Waals surface area contributed by atoms with Gasteiger partial charge in [0.2, 0.25) is 5.91 Å². The molecule has 1 aliphatic heterocycles. The van der Waals surface area contributed by atoms with Crippen LogP contribution < -0.4 is 16.0 Å². The summed E-state index contributed by atoms with van der Waals surface area (Å²) in [5.74, 6) is -0.145. The number of halogens is 1. The van der Waals surface area contributed by atoms with E-state index in [0.29, 0.717) is 23.7 Å². The second-order valence-corrected chi connectivity index (χ2v) is 5.84. The van der Waals surface area contributed by atoms with E-state index in [1.54, 1.807) is 12.1 Å². The Morgan fingerprint density at radius 1 is 1.18 bits per heavy atom. The fraction of sp³-hybridized carbons (Fsp3) is 0.500. The molecule has 5 nitrogen and oxygen atoms in total. The molecule has 2 fully saturated rings. The summed E-state index contributed by atoms with van der Waals surface area (Å²) in [5, 5.41) is 9.13. The molecule has 1 atom stereocenters. The van der Waals surface area contributed by atoms with Gasteiger partial charge in [0.25, 0.3) is 5.91 Å². The van der Waals surface area contributed by atoms with E-state index in [9.17, 15) is 9.59 Å². The van der Waals surface area contributed by atoms with Crippen molar-refractivity contribution < 1.29 is 9.59 Å². The molecule has 1 heterocycles. The molecular weight excluding hydrogens is 302 g/mol. The minimum Gasteiger partial charge on any atom is -0.349 e. The zero-order chi connectivity index (χ0) is 14.7. The first-order chi connectivity index (χ1) is 10.2. The lowest BCUT2D eigenvalue weighted by Crippen LogP contribution is -2.29. The lowest BCUT2D eigenvalue weighted by molar-refractivity contribution is -0.116. The molecule has 6 heteroatoms. The number of anilines is 1. The summed E-state index contributed by atoms with van der Waals surface area (Å²) in [6.45, 7) is 0.984. The number of rotatable bonds is 5. The molecule has 2 amide bonds. The average molecular weight is 324 g/mol. The molecule has 1 aliphatic carbocycles. The Morgan fingerprint density at radius 3 is 2.64 bits per heavy atom. The Labute approximate surface area is 136 Å². The Hall–Kier alpha value is -1.59. The second kappa shape index (κ2) is 7.61. The molecule has 0 bridgehead atoms. The third-order valence-corrected chi connectivity index (χ3v) is 3.95. The highest BCUT2D eigenvalue weighted by molar-refractivity contribution is 6.04. The molecule has 22 heavy (non-hydrogen) atoms. The molecule has 3 N–H and O–H groups in total. The number of amides is 2. The van der Waals surface area contributed by atoms with Gasteiger partial charge in [-0.25, -0.2) is 0 Å². The van der Waals surface area contributed by atoms with E-state index < -0.39 is 0 Å². The normalized spacial score (nSPS) is 20.1. The third kappa shape index (κ3) is 4.45. The Morgan fingerprint density at radius 2 is 1.95 bits per heavy atom. The van der Waals surface area contributed by atoms with Crippen LogP contribution in [-0.4, -0.2) is 30.4 Å². The van der Waals surface area contributed by atoms with Gasteiger partial charge in [0.1, 0.15) is 0 Å². The van der Waals surface area contributed by atoms with Gasteiger partial charge in [0.15, 0.2) is 0 Å². The van der Waals surface area contributed by atoms with Crippen molar-refractivity contribution in [3.8, 4) is 0 Å². The zero-order valence-corrected chi connectivity index (χ0v) is 13.2. The number of para-hydroxylation sites is 1. The molecule has 2 aliphatic rings. The van der Waals surface area contributed by atoms with Crippen LogP contribution in [0.5, 0.6) is 0 Å². The fourth-order valence-electron chi connectivity index (χ4n) is 2.64. The maximum absolute atomic E-state index is 12.2. The van der Waals surface area contributed by atoms with Gasteiger partial charge in [-0.05, 0) is 44.4 Å². The molecule has 1 aromatic rings. The summed E-state index contributed by atoms with van der Waals surface area (Å²) in [7, 11) is 0. The van der Waals surface area contributed by atoms with Crippen molar-refractivity contribution in [1.82, 2.24) is 10.6 Å². The number of benzene rings is 1. The van der Waals surface area contributed by atoms with Crippen molar-refractivity contribution in [2.75, 3.05) is 11.9 Å². The molecule has 120 valence electrons. The number of carbonyl (C=O) groups is 2. The number of hydrogen-bond acceptors (Lipinski definition) is 3. The molecule has 1 saturated heterocycles. The monoisotopic (exact) mass is 323 g/mol. The van der Waals surface area contributed by atoms with Crippen LogP contribution in [0.4, 0.5) is 5.69 Å². The molecule has 1 aromatic carbocycles. The molecule has 0 spiro atoms. The minimum atomic E-state index is -0.104. The van der Waals surface area contributed by atoms with Crippen LogP contribution in [0.3, 0.4) is 0 Å². The Bertz CT molecular complexity index is 540. The minimum absolute atomic E-state index is 0. The van der Waals surface area contributed by atoms with Crippen molar-refractivity contribution in [3.05, 3.63) is 29.8 Å². The van der Waals surface area contributed by atoms with Crippen LogP contribution >= 0.6 is 12.4 Å².